The quantitative estimate of drug-likeness (QED) is 0.259. The van der Waals surface area contributed by atoms with Crippen molar-refractivity contribution in [2.45, 2.75) is 51.0 Å². The van der Waals surface area contributed by atoms with E-state index in [-0.39, 0.29) is 34.3 Å². The molecule has 9 nitrogen and oxygen atoms in total. The lowest BCUT2D eigenvalue weighted by atomic mass is 9.73. The van der Waals surface area contributed by atoms with Crippen LogP contribution in [0, 0.1) is 29.0 Å². The lowest BCUT2D eigenvalue weighted by Crippen LogP contribution is -2.58. The smallest absolute Gasteiger partial charge is 0.318 e. The number of hydrogen-bond acceptors (Lipinski definition) is 8. The minimum absolute atomic E-state index is 0.00513. The molecule has 2 saturated heterocycles. The Balaban J connectivity index is 1.33. The number of halogens is 1. The largest absolute Gasteiger partial charge is 0.508 e. The minimum atomic E-state index is -0.526. The van der Waals surface area contributed by atoms with Crippen molar-refractivity contribution in [3.8, 4) is 35.4 Å². The van der Waals surface area contributed by atoms with E-state index in [4.69, 9.17) is 21.1 Å². The first-order valence-corrected chi connectivity index (χ1v) is 16.8. The van der Waals surface area contributed by atoms with Crippen LogP contribution < -0.4 is 20.5 Å². The average Bonchev–Trinajstić information content (AvgIpc) is 3.77. The van der Waals surface area contributed by atoms with Crippen molar-refractivity contribution < 1.29 is 14.2 Å². The van der Waals surface area contributed by atoms with E-state index in [0.717, 1.165) is 77.7 Å². The number of aromatic hydroxyl groups is 1. The van der Waals surface area contributed by atoms with Gasteiger partial charge in [-0.05, 0) is 94.1 Å². The second-order valence-corrected chi connectivity index (χ2v) is 14.7. The molecule has 2 aliphatic heterocycles. The lowest BCUT2D eigenvalue weighted by molar-refractivity contribution is 0.126. The summed E-state index contributed by atoms with van der Waals surface area (Å²) >= 11 is 0. The van der Waals surface area contributed by atoms with Crippen LogP contribution in [0.25, 0.3) is 32.9 Å². The minimum Gasteiger partial charge on any atom is -0.508 e. The summed E-state index contributed by atoms with van der Waals surface area (Å²) in [6, 6.07) is 8.17. The van der Waals surface area contributed by atoms with Gasteiger partial charge in [-0.25, -0.2) is 4.39 Å². The molecule has 2 saturated carbocycles. The Morgan fingerprint density at radius 1 is 1.11 bits per heavy atom. The number of terminal acetylenes is 1. The SMILES string of the molecule is C#Cc1c(F)ccc2cc(O)cc(-c3cc4nc(OCC5(CN(C)C)CC5)nc(N5CCC6(CC5)CNC6)c4c(=O)n3C3CCC3)c12. The van der Waals surface area contributed by atoms with Crippen LogP contribution in [0.5, 0.6) is 11.8 Å². The summed E-state index contributed by atoms with van der Waals surface area (Å²) in [7, 11) is 4.14. The molecule has 244 valence electrons. The van der Waals surface area contributed by atoms with Crippen molar-refractivity contribution >= 4 is 27.5 Å². The van der Waals surface area contributed by atoms with Gasteiger partial charge in [0.05, 0.1) is 23.4 Å². The molecular weight excluding hydrogens is 595 g/mol. The first-order chi connectivity index (χ1) is 22.7. The van der Waals surface area contributed by atoms with Crippen LogP contribution in [-0.2, 0) is 0 Å². The Kier molecular flexibility index (Phi) is 7.19. The van der Waals surface area contributed by atoms with Crippen LogP contribution in [0.4, 0.5) is 10.2 Å². The van der Waals surface area contributed by atoms with Gasteiger partial charge in [-0.3, -0.25) is 4.79 Å². The third kappa shape index (κ3) is 5.20. The Morgan fingerprint density at radius 3 is 2.49 bits per heavy atom. The predicted molar refractivity (Wildman–Crippen MR) is 182 cm³/mol. The lowest BCUT2D eigenvalue weighted by Gasteiger charge is -2.48. The van der Waals surface area contributed by atoms with E-state index in [1.807, 2.05) is 10.6 Å². The monoisotopic (exact) mass is 636 g/mol. The summed E-state index contributed by atoms with van der Waals surface area (Å²) in [5.41, 5.74) is 1.83. The predicted octanol–water partition coefficient (Wildman–Crippen LogP) is 5.07. The van der Waals surface area contributed by atoms with Crippen LogP contribution >= 0.6 is 0 Å². The Hall–Kier alpha value is -4.20. The number of piperidine rings is 1. The molecule has 4 fully saturated rings. The Morgan fingerprint density at radius 2 is 1.87 bits per heavy atom. The van der Waals surface area contributed by atoms with Gasteiger partial charge in [-0.15, -0.1) is 6.42 Å². The highest BCUT2D eigenvalue weighted by molar-refractivity contribution is 6.03. The number of anilines is 1. The molecule has 0 atom stereocenters. The van der Waals surface area contributed by atoms with E-state index >= 15 is 4.39 Å². The highest BCUT2D eigenvalue weighted by atomic mass is 19.1. The fourth-order valence-corrected chi connectivity index (χ4v) is 7.90. The van der Waals surface area contributed by atoms with Crippen molar-refractivity contribution in [3.05, 3.63) is 52.1 Å². The Labute approximate surface area is 273 Å². The van der Waals surface area contributed by atoms with Gasteiger partial charge in [-0.1, -0.05) is 12.0 Å². The highest BCUT2D eigenvalue weighted by Gasteiger charge is 2.44. The van der Waals surface area contributed by atoms with E-state index in [1.165, 1.54) is 6.07 Å². The number of rotatable bonds is 8. The van der Waals surface area contributed by atoms with Crippen molar-refractivity contribution in [2.75, 3.05) is 58.3 Å². The molecule has 4 heterocycles. The van der Waals surface area contributed by atoms with E-state index in [2.05, 4.69) is 35.1 Å². The summed E-state index contributed by atoms with van der Waals surface area (Å²) in [5.74, 6) is 2.61. The molecule has 2 aromatic carbocycles. The summed E-state index contributed by atoms with van der Waals surface area (Å²) in [6.07, 6.45) is 12.8. The molecular formula is C37H41FN6O3. The summed E-state index contributed by atoms with van der Waals surface area (Å²) in [6.45, 7) is 5.08. The topological polar surface area (TPSA) is 95.8 Å². The number of phenols is 1. The summed E-state index contributed by atoms with van der Waals surface area (Å²) < 4.78 is 23.3. The van der Waals surface area contributed by atoms with Gasteiger partial charge in [0, 0.05) is 55.1 Å². The standard InChI is InChI=1S/C37H41FN6O3/c1-4-26-28(38)9-8-23-16-25(45)17-27(31(23)26)30-18-29-32(34(46)44(30)24-6-5-7-24)33(43-14-12-36(13-15-43)19-39-20-36)41-35(40-29)47-22-37(10-11-37)21-42(2)3/h1,8-9,16-18,24,39,45H,5-7,10-15,19-22H2,2-3H3. The number of hydrogen-bond donors (Lipinski definition) is 2. The molecule has 0 bridgehead atoms. The van der Waals surface area contributed by atoms with E-state index < -0.39 is 5.82 Å². The number of pyridine rings is 1. The van der Waals surface area contributed by atoms with Gasteiger partial charge in [0.1, 0.15) is 22.8 Å². The average molecular weight is 637 g/mol. The van der Waals surface area contributed by atoms with E-state index in [0.29, 0.717) is 50.8 Å². The van der Waals surface area contributed by atoms with Crippen LogP contribution in [0.1, 0.15) is 56.6 Å². The molecule has 0 unspecified atom stereocenters. The van der Waals surface area contributed by atoms with Crippen molar-refractivity contribution in [3.63, 3.8) is 0 Å². The number of ether oxygens (including phenoxy) is 1. The zero-order chi connectivity index (χ0) is 32.5. The second-order valence-electron chi connectivity index (χ2n) is 14.7. The second kappa shape index (κ2) is 11.2. The van der Waals surface area contributed by atoms with E-state index in [9.17, 15) is 9.90 Å². The fraction of sp³-hybridized carbons (Fsp3) is 0.486. The van der Waals surface area contributed by atoms with Crippen molar-refractivity contribution in [2.24, 2.45) is 10.8 Å². The fourth-order valence-electron chi connectivity index (χ4n) is 7.90. The molecule has 0 amide bonds. The first-order valence-electron chi connectivity index (χ1n) is 16.8. The number of phenolic OH excluding ortho intramolecular Hbond substituents is 1. The summed E-state index contributed by atoms with van der Waals surface area (Å²) in [4.78, 5) is 29.1. The Bertz CT molecular complexity index is 1990. The molecule has 2 aromatic heterocycles. The maximum atomic E-state index is 15.1. The maximum Gasteiger partial charge on any atom is 0.318 e. The van der Waals surface area contributed by atoms with Crippen molar-refractivity contribution in [1.29, 1.82) is 0 Å². The van der Waals surface area contributed by atoms with Crippen LogP contribution in [0.15, 0.2) is 35.1 Å². The first kappa shape index (κ1) is 30.2. The number of nitrogens with one attached hydrogen (secondary N) is 1. The van der Waals surface area contributed by atoms with Gasteiger partial charge in [-0.2, -0.15) is 9.97 Å². The van der Waals surface area contributed by atoms with Crippen LogP contribution in [-0.4, -0.2) is 78.0 Å². The van der Waals surface area contributed by atoms with Crippen LogP contribution in [0.3, 0.4) is 0 Å². The molecule has 10 heteroatoms. The molecule has 8 rings (SSSR count). The van der Waals surface area contributed by atoms with E-state index in [1.54, 1.807) is 18.2 Å². The molecule has 2 aliphatic carbocycles. The van der Waals surface area contributed by atoms with Gasteiger partial charge < -0.3 is 29.5 Å². The molecule has 2 N–H and O–H groups in total. The number of benzene rings is 2. The van der Waals surface area contributed by atoms with Gasteiger partial charge >= 0.3 is 6.01 Å². The van der Waals surface area contributed by atoms with Crippen LogP contribution in [0.2, 0.25) is 0 Å². The molecule has 0 radical (unpaired) electrons. The van der Waals surface area contributed by atoms with Gasteiger partial charge in [0.15, 0.2) is 0 Å². The highest BCUT2D eigenvalue weighted by Crippen LogP contribution is 2.47. The van der Waals surface area contributed by atoms with Gasteiger partial charge in [0.2, 0.25) is 0 Å². The third-order valence-corrected chi connectivity index (χ3v) is 11.0. The number of nitrogens with zero attached hydrogens (tertiary/aromatic N) is 5. The summed E-state index contributed by atoms with van der Waals surface area (Å²) in [5, 5.41) is 15.8. The maximum absolute atomic E-state index is 15.1. The molecule has 1 spiro atoms. The van der Waals surface area contributed by atoms with Crippen molar-refractivity contribution in [1.82, 2.24) is 24.8 Å². The third-order valence-electron chi connectivity index (χ3n) is 11.0. The molecule has 4 aliphatic rings. The van der Waals surface area contributed by atoms with Gasteiger partial charge in [0.25, 0.3) is 5.56 Å². The molecule has 47 heavy (non-hydrogen) atoms. The normalized spacial score (nSPS) is 19.9. The number of fused-ring (bicyclic) bond motifs is 2. The molecule has 4 aromatic rings. The zero-order valence-corrected chi connectivity index (χ0v) is 27.1. The zero-order valence-electron chi connectivity index (χ0n) is 27.1. The number of aromatic nitrogens is 3.